The molecule has 59 heavy (non-hydrogen) atoms. The topological polar surface area (TPSA) is 0 Å². The van der Waals surface area contributed by atoms with Crippen molar-refractivity contribution in [3.05, 3.63) is 206 Å². The van der Waals surface area contributed by atoms with Crippen LogP contribution in [0.5, 0.6) is 0 Å². The first-order valence-electron chi connectivity index (χ1n) is 20.6. The lowest BCUT2D eigenvalue weighted by Crippen LogP contribution is -2.49. The minimum atomic E-state index is -2.12. The van der Waals surface area contributed by atoms with Crippen molar-refractivity contribution in [1.29, 1.82) is 0 Å². The van der Waals surface area contributed by atoms with E-state index in [1.54, 1.807) is 0 Å². The van der Waals surface area contributed by atoms with Gasteiger partial charge in [0.05, 0.1) is 0 Å². The molecule has 1 aliphatic heterocycles. The Morgan fingerprint density at radius 3 is 1.83 bits per heavy atom. The summed E-state index contributed by atoms with van der Waals surface area (Å²) in [5.41, 5.74) is 12.6. The Bertz CT molecular complexity index is 3510. The molecule has 0 fully saturated rings. The first kappa shape index (κ1) is 33.9. The molecule has 0 saturated heterocycles. The van der Waals surface area contributed by atoms with Crippen molar-refractivity contribution in [2.45, 2.75) is 13.1 Å². The van der Waals surface area contributed by atoms with Gasteiger partial charge in [0.2, 0.25) is 0 Å². The Morgan fingerprint density at radius 1 is 0.339 bits per heavy atom. The lowest BCUT2D eigenvalue weighted by molar-refractivity contribution is 1.63. The Kier molecular flexibility index (Phi) is 7.39. The quantitative estimate of drug-likeness (QED) is 0.124. The Morgan fingerprint density at radius 2 is 0.983 bits per heavy atom. The second kappa shape index (κ2) is 12.9. The van der Waals surface area contributed by atoms with Crippen LogP contribution < -0.4 is 10.4 Å². The molecule has 0 bridgehead atoms. The molecule has 0 aromatic heterocycles. The van der Waals surface area contributed by atoms with Crippen LogP contribution in [0.3, 0.4) is 0 Å². The largest absolute Gasteiger partial charge is 0.124 e. The molecule has 1 heterocycles. The van der Waals surface area contributed by atoms with E-state index in [0.717, 1.165) is 0 Å². The summed E-state index contributed by atoms with van der Waals surface area (Å²) in [5, 5.41) is 15.4. The molecule has 0 amide bonds. The molecule has 0 unspecified atom stereocenters. The lowest BCUT2D eigenvalue weighted by Gasteiger charge is -2.24. The second-order valence-corrected chi connectivity index (χ2v) is 20.9. The van der Waals surface area contributed by atoms with E-state index in [0.29, 0.717) is 0 Å². The highest BCUT2D eigenvalue weighted by atomic mass is 28.3. The van der Waals surface area contributed by atoms with Crippen LogP contribution in [0.1, 0.15) is 0 Å². The van der Waals surface area contributed by atoms with Crippen molar-refractivity contribution in [3.8, 4) is 55.6 Å². The van der Waals surface area contributed by atoms with Gasteiger partial charge >= 0.3 is 0 Å². The summed E-state index contributed by atoms with van der Waals surface area (Å²) in [6.07, 6.45) is 0. The fourth-order valence-electron chi connectivity index (χ4n) is 10.2. The van der Waals surface area contributed by atoms with Crippen LogP contribution in [0.4, 0.5) is 0 Å². The van der Waals surface area contributed by atoms with E-state index < -0.39 is 8.07 Å². The summed E-state index contributed by atoms with van der Waals surface area (Å²) in [7, 11) is -2.12. The predicted octanol–water partition coefficient (Wildman–Crippen LogP) is 14.5. The van der Waals surface area contributed by atoms with E-state index >= 15 is 0 Å². The van der Waals surface area contributed by atoms with Crippen molar-refractivity contribution in [2.75, 3.05) is 0 Å². The molecule has 0 nitrogen and oxygen atoms in total. The molecule has 274 valence electrons. The molecule has 1 heteroatoms. The third-order valence-electron chi connectivity index (χ3n) is 13.0. The lowest BCUT2D eigenvalue weighted by atomic mass is 9.80. The van der Waals surface area contributed by atoms with Crippen molar-refractivity contribution in [1.82, 2.24) is 0 Å². The number of fused-ring (bicyclic) bond motifs is 8. The molecular formula is C58H38Si. The number of hydrogen-bond donors (Lipinski definition) is 0. The first-order valence-corrected chi connectivity index (χ1v) is 23.6. The maximum Gasteiger partial charge on any atom is 0.124 e. The SMILES string of the molecule is C[Si]1(C)c2c#cccc2-c2cc3c(-c4c(-c5ccccc5)ccc5ccccc45)c4ccc(-c5ccc6ccccc6c5)cc4c(-c4cccc5ccccc45)c3cc21. The van der Waals surface area contributed by atoms with Gasteiger partial charge in [0.25, 0.3) is 0 Å². The van der Waals surface area contributed by atoms with Gasteiger partial charge in [0.1, 0.15) is 8.07 Å². The summed E-state index contributed by atoms with van der Waals surface area (Å²) in [4.78, 5) is 0. The molecule has 12 rings (SSSR count). The average molecular weight is 763 g/mol. The van der Waals surface area contributed by atoms with Crippen molar-refractivity contribution in [2.24, 2.45) is 0 Å². The molecule has 0 N–H and O–H groups in total. The van der Waals surface area contributed by atoms with Crippen molar-refractivity contribution in [3.63, 3.8) is 0 Å². The van der Waals surface area contributed by atoms with E-state index in [9.17, 15) is 0 Å². The standard InChI is InChI=1S/C58H38Si/c1-59(2)54-26-13-12-24-47(54)50-35-52-53(36-55(50)59)56(48-25-14-21-38-18-8-10-22-44(38)48)51-34-43(42-28-27-37-15-6-7-20-41(37)33-42)30-32-49(51)58(52)57-45-23-11-9-19-40(45)29-31-46(57)39-16-4-3-5-17-39/h3-12,14-25,27-36H,1-2H3. The van der Waals surface area contributed by atoms with Crippen LogP contribution in [0, 0.1) is 12.1 Å². The maximum absolute atomic E-state index is 3.62. The van der Waals surface area contributed by atoms with Crippen LogP contribution in [0.25, 0.3) is 109 Å². The average Bonchev–Trinajstić information content (AvgIpc) is 3.52. The number of hydrogen-bond acceptors (Lipinski definition) is 0. The smallest absolute Gasteiger partial charge is 0.0703 e. The molecule has 0 aliphatic carbocycles. The van der Waals surface area contributed by atoms with Crippen molar-refractivity contribution < 1.29 is 0 Å². The molecule has 0 spiro atoms. The summed E-state index contributed by atoms with van der Waals surface area (Å²) in [6.45, 7) is 4.98. The van der Waals surface area contributed by atoms with E-state index in [1.165, 1.54) is 120 Å². The fourth-order valence-corrected chi connectivity index (χ4v) is 13.1. The van der Waals surface area contributed by atoms with Gasteiger partial charge in [-0.25, -0.2) is 0 Å². The summed E-state index contributed by atoms with van der Waals surface area (Å²) >= 11 is 0. The first-order chi connectivity index (χ1) is 29.0. The highest BCUT2D eigenvalue weighted by Crippen LogP contribution is 2.51. The minimum absolute atomic E-state index is 1.21. The predicted molar refractivity (Wildman–Crippen MR) is 256 cm³/mol. The Labute approximate surface area is 345 Å². The molecule has 1 aliphatic rings. The minimum Gasteiger partial charge on any atom is -0.0703 e. The van der Waals surface area contributed by atoms with Crippen LogP contribution in [-0.2, 0) is 0 Å². The maximum atomic E-state index is 3.62. The number of rotatable bonds is 4. The van der Waals surface area contributed by atoms with Gasteiger partial charge in [-0.3, -0.25) is 0 Å². The van der Waals surface area contributed by atoms with E-state index in [-0.39, 0.29) is 0 Å². The molecule has 0 radical (unpaired) electrons. The Hall–Kier alpha value is -7.24. The molecule has 0 saturated carbocycles. The van der Waals surface area contributed by atoms with E-state index in [1.807, 2.05) is 6.07 Å². The number of benzene rings is 10. The van der Waals surface area contributed by atoms with Gasteiger partial charge in [0, 0.05) is 5.19 Å². The third kappa shape index (κ3) is 5.10. The summed E-state index contributed by atoms with van der Waals surface area (Å²) < 4.78 is 0. The van der Waals surface area contributed by atoms with E-state index in [2.05, 4.69) is 213 Å². The monoisotopic (exact) mass is 762 g/mol. The third-order valence-corrected chi connectivity index (χ3v) is 16.5. The fraction of sp³-hybridized carbons (Fsp3) is 0.0345. The highest BCUT2D eigenvalue weighted by molar-refractivity contribution is 7.03. The van der Waals surface area contributed by atoms with Crippen LogP contribution in [-0.4, -0.2) is 8.07 Å². The summed E-state index contributed by atoms with van der Waals surface area (Å²) in [6, 6.07) is 79.5. The Balaban J connectivity index is 1.31. The van der Waals surface area contributed by atoms with Gasteiger partial charge in [-0.1, -0.05) is 189 Å². The highest BCUT2D eigenvalue weighted by Gasteiger charge is 2.39. The molecule has 11 aromatic rings. The second-order valence-electron chi connectivity index (χ2n) is 16.6. The van der Waals surface area contributed by atoms with Gasteiger partial charge in [0.15, 0.2) is 0 Å². The van der Waals surface area contributed by atoms with Crippen LogP contribution >= 0.6 is 0 Å². The van der Waals surface area contributed by atoms with Gasteiger partial charge < -0.3 is 0 Å². The molecule has 0 atom stereocenters. The molecule has 11 aromatic carbocycles. The van der Waals surface area contributed by atoms with Crippen molar-refractivity contribution >= 4 is 72.3 Å². The zero-order valence-corrected chi connectivity index (χ0v) is 34.0. The summed E-state index contributed by atoms with van der Waals surface area (Å²) in [5.74, 6) is 0. The van der Waals surface area contributed by atoms with Crippen LogP contribution in [0.2, 0.25) is 13.1 Å². The van der Waals surface area contributed by atoms with E-state index in [4.69, 9.17) is 0 Å². The van der Waals surface area contributed by atoms with Gasteiger partial charge in [-0.15, -0.1) is 0 Å². The zero-order chi connectivity index (χ0) is 39.2. The van der Waals surface area contributed by atoms with Crippen LogP contribution in [0.15, 0.2) is 194 Å². The van der Waals surface area contributed by atoms with Gasteiger partial charge in [-0.2, -0.15) is 0 Å². The molecular weight excluding hydrogens is 725 g/mol. The van der Waals surface area contributed by atoms with Gasteiger partial charge in [-0.05, 0) is 145 Å². The normalized spacial score (nSPS) is 12.9. The zero-order valence-electron chi connectivity index (χ0n) is 33.0.